The molecule has 0 saturated heterocycles. The quantitative estimate of drug-likeness (QED) is 0.699. The van der Waals surface area contributed by atoms with Crippen molar-refractivity contribution in [2.24, 2.45) is 5.73 Å². The molecule has 130 valence electrons. The Hall–Kier alpha value is -1.40. The number of carbonyl (C=O) groups excluding carboxylic acids is 1. The third-order valence-corrected chi connectivity index (χ3v) is 4.21. The molecule has 0 aromatic heterocycles. The summed E-state index contributed by atoms with van der Waals surface area (Å²) in [5, 5.41) is 2.93. The fourth-order valence-corrected chi connectivity index (χ4v) is 2.72. The Labute approximate surface area is 158 Å². The zero-order valence-electron chi connectivity index (χ0n) is 13.5. The second-order valence-corrected chi connectivity index (χ2v) is 6.18. The molecule has 0 fully saturated rings. The first-order valence-electron chi connectivity index (χ1n) is 7.70. The maximum absolute atomic E-state index is 12.2. The van der Waals surface area contributed by atoms with Gasteiger partial charge >= 0.3 is 0 Å². The second-order valence-electron chi connectivity index (χ2n) is 5.33. The topological polar surface area (TPSA) is 58.4 Å². The van der Waals surface area contributed by atoms with Crippen LogP contribution in [-0.2, 0) is 11.2 Å². The van der Waals surface area contributed by atoms with E-state index in [4.69, 9.17) is 5.73 Å². The van der Waals surface area contributed by atoms with E-state index in [0.717, 1.165) is 23.1 Å². The molecular weight excluding hydrogens is 390 g/mol. The lowest BCUT2D eigenvalue weighted by Gasteiger charge is -2.21. The summed E-state index contributed by atoms with van der Waals surface area (Å²) in [5.41, 5.74) is 7.72. The molecule has 0 aliphatic carbocycles. The summed E-state index contributed by atoms with van der Waals surface area (Å²) in [6, 6.07) is 17.9. The Bertz CT molecular complexity index is 625. The number of amides is 1. The summed E-state index contributed by atoms with van der Waals surface area (Å²) in [4.78, 5) is 14.3. The van der Waals surface area contributed by atoms with Gasteiger partial charge in [-0.1, -0.05) is 42.5 Å². The Morgan fingerprint density at radius 3 is 2.38 bits per heavy atom. The molecule has 6 heteroatoms. The first kappa shape index (κ1) is 20.6. The number of nitrogens with zero attached hydrogens (tertiary/aromatic N) is 1. The van der Waals surface area contributed by atoms with Crippen LogP contribution in [0.5, 0.6) is 0 Å². The molecule has 2 aromatic carbocycles. The molecule has 1 amide bonds. The summed E-state index contributed by atoms with van der Waals surface area (Å²) < 4.78 is 0.878. The number of rotatable bonds is 8. The number of anilines is 1. The van der Waals surface area contributed by atoms with Crippen molar-refractivity contribution >= 4 is 39.9 Å². The number of halogens is 2. The first-order chi connectivity index (χ1) is 11.2. The van der Waals surface area contributed by atoms with E-state index >= 15 is 0 Å². The third-order valence-electron chi connectivity index (χ3n) is 3.52. The zero-order valence-corrected chi connectivity index (χ0v) is 15.9. The third kappa shape index (κ3) is 7.01. The van der Waals surface area contributed by atoms with E-state index in [2.05, 4.69) is 38.3 Å². The highest BCUT2D eigenvalue weighted by Gasteiger charge is 2.11. The van der Waals surface area contributed by atoms with Crippen LogP contribution in [-0.4, -0.2) is 37.0 Å². The number of benzene rings is 2. The minimum absolute atomic E-state index is 0. The van der Waals surface area contributed by atoms with E-state index in [1.165, 1.54) is 5.56 Å². The average Bonchev–Trinajstić information content (AvgIpc) is 2.56. The van der Waals surface area contributed by atoms with Gasteiger partial charge in [-0.2, -0.15) is 0 Å². The van der Waals surface area contributed by atoms with Crippen LogP contribution in [0.25, 0.3) is 0 Å². The van der Waals surface area contributed by atoms with Crippen LogP contribution in [0.15, 0.2) is 59.1 Å². The summed E-state index contributed by atoms with van der Waals surface area (Å²) in [7, 11) is 0. The molecule has 3 N–H and O–H groups in total. The summed E-state index contributed by atoms with van der Waals surface area (Å²) in [6.45, 7) is 2.39. The highest BCUT2D eigenvalue weighted by molar-refractivity contribution is 9.10. The smallest absolute Gasteiger partial charge is 0.238 e. The number of carbonyl (C=O) groups is 1. The number of para-hydroxylation sites is 1. The highest BCUT2D eigenvalue weighted by Crippen LogP contribution is 2.20. The van der Waals surface area contributed by atoms with E-state index in [-0.39, 0.29) is 18.3 Å². The number of hydrogen-bond donors (Lipinski definition) is 2. The van der Waals surface area contributed by atoms with E-state index < -0.39 is 0 Å². The molecule has 0 spiro atoms. The lowest BCUT2D eigenvalue weighted by molar-refractivity contribution is -0.117. The van der Waals surface area contributed by atoms with Crippen molar-refractivity contribution in [3.8, 4) is 0 Å². The molecule has 2 rings (SSSR count). The van der Waals surface area contributed by atoms with Gasteiger partial charge in [-0.05, 0) is 40.0 Å². The Morgan fingerprint density at radius 2 is 1.71 bits per heavy atom. The van der Waals surface area contributed by atoms with Crippen molar-refractivity contribution in [1.29, 1.82) is 0 Å². The molecule has 0 aliphatic heterocycles. The van der Waals surface area contributed by atoms with Crippen LogP contribution < -0.4 is 11.1 Å². The van der Waals surface area contributed by atoms with Crippen LogP contribution in [0.4, 0.5) is 5.69 Å². The molecule has 0 atom stereocenters. The molecule has 0 radical (unpaired) electrons. The van der Waals surface area contributed by atoms with Gasteiger partial charge in [-0.15, -0.1) is 12.4 Å². The summed E-state index contributed by atoms with van der Waals surface area (Å²) in [5.74, 6) is -0.0292. The number of nitrogens with two attached hydrogens (primary N) is 1. The van der Waals surface area contributed by atoms with Gasteiger partial charge in [0.1, 0.15) is 0 Å². The Kier molecular flexibility index (Phi) is 9.64. The van der Waals surface area contributed by atoms with Gasteiger partial charge in [0.2, 0.25) is 5.91 Å². The van der Waals surface area contributed by atoms with Crippen molar-refractivity contribution < 1.29 is 4.79 Å². The van der Waals surface area contributed by atoms with Crippen LogP contribution in [0.2, 0.25) is 0 Å². The van der Waals surface area contributed by atoms with Crippen molar-refractivity contribution in [2.75, 3.05) is 31.5 Å². The first-order valence-corrected chi connectivity index (χ1v) is 8.49. The van der Waals surface area contributed by atoms with E-state index in [1.54, 1.807) is 0 Å². The fourth-order valence-electron chi connectivity index (χ4n) is 2.34. The molecule has 4 nitrogen and oxygen atoms in total. The maximum Gasteiger partial charge on any atom is 0.238 e. The van der Waals surface area contributed by atoms with Crippen molar-refractivity contribution in [1.82, 2.24) is 4.90 Å². The molecule has 0 aliphatic rings. The molecular formula is C18H23BrClN3O. The van der Waals surface area contributed by atoms with E-state index in [1.807, 2.05) is 42.5 Å². The molecule has 0 bridgehead atoms. The summed E-state index contributed by atoms with van der Waals surface area (Å²) in [6.07, 6.45) is 0.906. The van der Waals surface area contributed by atoms with Gasteiger partial charge < -0.3 is 11.1 Å². The highest BCUT2D eigenvalue weighted by atomic mass is 79.9. The van der Waals surface area contributed by atoms with Crippen molar-refractivity contribution in [2.45, 2.75) is 6.42 Å². The molecule has 0 saturated carbocycles. The molecule has 0 unspecified atom stereocenters. The van der Waals surface area contributed by atoms with Gasteiger partial charge in [0, 0.05) is 24.1 Å². The second kappa shape index (κ2) is 11.2. The normalized spacial score (nSPS) is 10.3. The predicted octanol–water partition coefficient (Wildman–Crippen LogP) is 3.31. The Morgan fingerprint density at radius 1 is 1.04 bits per heavy atom. The monoisotopic (exact) mass is 411 g/mol. The van der Waals surface area contributed by atoms with Gasteiger partial charge in [-0.3, -0.25) is 9.69 Å². The van der Waals surface area contributed by atoms with Crippen LogP contribution in [0.1, 0.15) is 5.56 Å². The number of hydrogen-bond acceptors (Lipinski definition) is 3. The molecule has 24 heavy (non-hydrogen) atoms. The van der Waals surface area contributed by atoms with Gasteiger partial charge in [0.15, 0.2) is 0 Å². The average molecular weight is 413 g/mol. The minimum atomic E-state index is -0.0292. The van der Waals surface area contributed by atoms with Gasteiger partial charge in [0.25, 0.3) is 0 Å². The zero-order chi connectivity index (χ0) is 16.5. The van der Waals surface area contributed by atoms with Crippen LogP contribution in [0.3, 0.4) is 0 Å². The maximum atomic E-state index is 12.2. The van der Waals surface area contributed by atoms with Gasteiger partial charge in [-0.25, -0.2) is 0 Å². The lowest BCUT2D eigenvalue weighted by Crippen LogP contribution is -2.38. The SMILES string of the molecule is Cl.NCCN(CCc1ccccc1)CC(=O)Nc1ccccc1Br. The van der Waals surface area contributed by atoms with E-state index in [9.17, 15) is 4.79 Å². The molecule has 0 heterocycles. The fraction of sp³-hybridized carbons (Fsp3) is 0.278. The Balaban J connectivity index is 0.00000288. The van der Waals surface area contributed by atoms with Gasteiger partial charge in [0.05, 0.1) is 12.2 Å². The van der Waals surface area contributed by atoms with Crippen LogP contribution in [0, 0.1) is 0 Å². The largest absolute Gasteiger partial charge is 0.329 e. The van der Waals surface area contributed by atoms with Crippen molar-refractivity contribution in [3.63, 3.8) is 0 Å². The number of nitrogens with one attached hydrogen (secondary N) is 1. The standard InChI is InChI=1S/C18H22BrN3O.ClH/c19-16-8-4-5-9-17(16)21-18(23)14-22(13-11-20)12-10-15-6-2-1-3-7-15;/h1-9H,10-14,20H2,(H,21,23);1H. The predicted molar refractivity (Wildman–Crippen MR) is 106 cm³/mol. The van der Waals surface area contributed by atoms with E-state index in [0.29, 0.717) is 19.6 Å². The van der Waals surface area contributed by atoms with Crippen LogP contribution >= 0.6 is 28.3 Å². The minimum Gasteiger partial charge on any atom is -0.329 e. The molecule has 2 aromatic rings. The summed E-state index contributed by atoms with van der Waals surface area (Å²) >= 11 is 3.43. The lowest BCUT2D eigenvalue weighted by atomic mass is 10.1. The van der Waals surface area contributed by atoms with Crippen molar-refractivity contribution in [3.05, 3.63) is 64.6 Å².